The zero-order valence-corrected chi connectivity index (χ0v) is 11.6. The van der Waals surface area contributed by atoms with Crippen molar-refractivity contribution in [2.24, 2.45) is 0 Å². The normalized spacial score (nSPS) is 10.5. The summed E-state index contributed by atoms with van der Waals surface area (Å²) in [7, 11) is 0. The Morgan fingerprint density at radius 1 is 1.47 bits per heavy atom. The summed E-state index contributed by atoms with van der Waals surface area (Å²) < 4.78 is 19.5. The number of halogens is 2. The van der Waals surface area contributed by atoms with Crippen molar-refractivity contribution in [3.8, 4) is 5.75 Å². The van der Waals surface area contributed by atoms with Crippen LogP contribution in [-0.2, 0) is 13.0 Å². The van der Waals surface area contributed by atoms with Crippen molar-refractivity contribution in [1.29, 1.82) is 0 Å². The molecule has 5 heteroatoms. The number of nitrogens with zero attached hydrogens (tertiary/aromatic N) is 1. The molecule has 0 saturated heterocycles. The molecule has 0 spiro atoms. The Labute approximate surface area is 112 Å². The summed E-state index contributed by atoms with van der Waals surface area (Å²) in [5.41, 5.74) is 0.842. The predicted octanol–water partition coefficient (Wildman–Crippen LogP) is 4.19. The molecule has 0 bridgehead atoms. The molecule has 17 heavy (non-hydrogen) atoms. The molecule has 2 aromatic rings. The topological polar surface area (TPSA) is 22.1 Å². The van der Waals surface area contributed by atoms with E-state index in [2.05, 4.69) is 27.8 Å². The highest BCUT2D eigenvalue weighted by molar-refractivity contribution is 9.10. The average Bonchev–Trinajstić information content (AvgIpc) is 2.76. The molecule has 0 saturated carbocycles. The standard InChI is InChI=1S/C12H11BrFNOS/c1-2-12-15-9(7-17-12)6-16-11-4-3-8(13)5-10(11)14/h3-5,7H,2,6H2,1H3. The van der Waals surface area contributed by atoms with Gasteiger partial charge in [-0.2, -0.15) is 0 Å². The molecule has 0 unspecified atom stereocenters. The Kier molecular flexibility index (Phi) is 4.12. The SMILES string of the molecule is CCc1nc(COc2ccc(Br)cc2F)cs1. The maximum Gasteiger partial charge on any atom is 0.166 e. The van der Waals surface area contributed by atoms with E-state index in [4.69, 9.17) is 4.74 Å². The van der Waals surface area contributed by atoms with Crippen LogP contribution in [-0.4, -0.2) is 4.98 Å². The van der Waals surface area contributed by atoms with Gasteiger partial charge in [0.1, 0.15) is 6.61 Å². The van der Waals surface area contributed by atoms with Crippen LogP contribution in [0.4, 0.5) is 4.39 Å². The predicted molar refractivity (Wildman–Crippen MR) is 69.9 cm³/mol. The summed E-state index contributed by atoms with van der Waals surface area (Å²) in [6.45, 7) is 2.35. The van der Waals surface area contributed by atoms with Gasteiger partial charge in [0.05, 0.1) is 10.7 Å². The Morgan fingerprint density at radius 3 is 2.94 bits per heavy atom. The number of aromatic nitrogens is 1. The minimum Gasteiger partial charge on any atom is -0.484 e. The maximum atomic E-state index is 13.5. The zero-order valence-electron chi connectivity index (χ0n) is 9.24. The van der Waals surface area contributed by atoms with Crippen molar-refractivity contribution in [3.63, 3.8) is 0 Å². The minimum atomic E-state index is -0.370. The first-order chi connectivity index (χ1) is 8.19. The first kappa shape index (κ1) is 12.5. The molecule has 0 aliphatic rings. The Morgan fingerprint density at radius 2 is 2.29 bits per heavy atom. The summed E-state index contributed by atoms with van der Waals surface area (Å²) in [6, 6.07) is 4.73. The summed E-state index contributed by atoms with van der Waals surface area (Å²) in [5.74, 6) is -0.121. The van der Waals surface area contributed by atoms with Crippen LogP contribution in [0.15, 0.2) is 28.1 Å². The molecular formula is C12H11BrFNOS. The number of rotatable bonds is 4. The van der Waals surface area contributed by atoms with Crippen molar-refractivity contribution in [1.82, 2.24) is 4.98 Å². The fraction of sp³-hybridized carbons (Fsp3) is 0.250. The van der Waals surface area contributed by atoms with Gasteiger partial charge in [-0.1, -0.05) is 22.9 Å². The van der Waals surface area contributed by atoms with Crippen LogP contribution >= 0.6 is 27.3 Å². The highest BCUT2D eigenvalue weighted by Gasteiger charge is 2.06. The average molecular weight is 316 g/mol. The van der Waals surface area contributed by atoms with Gasteiger partial charge in [0.15, 0.2) is 11.6 Å². The number of ether oxygens (including phenoxy) is 1. The van der Waals surface area contributed by atoms with Crippen molar-refractivity contribution >= 4 is 27.3 Å². The fourth-order valence-electron chi connectivity index (χ4n) is 1.32. The third-order valence-electron chi connectivity index (χ3n) is 2.17. The lowest BCUT2D eigenvalue weighted by Crippen LogP contribution is -1.98. The molecule has 2 rings (SSSR count). The van der Waals surface area contributed by atoms with Gasteiger partial charge < -0.3 is 4.74 Å². The number of aryl methyl sites for hydroxylation is 1. The minimum absolute atomic E-state index is 0.249. The lowest BCUT2D eigenvalue weighted by molar-refractivity contribution is 0.286. The smallest absolute Gasteiger partial charge is 0.166 e. The van der Waals surface area contributed by atoms with Crippen molar-refractivity contribution in [3.05, 3.63) is 44.6 Å². The Balaban J connectivity index is 2.02. The molecule has 0 amide bonds. The monoisotopic (exact) mass is 315 g/mol. The zero-order chi connectivity index (χ0) is 12.3. The van der Waals surface area contributed by atoms with Gasteiger partial charge in [0, 0.05) is 9.85 Å². The molecule has 1 aromatic carbocycles. The second-order valence-electron chi connectivity index (χ2n) is 3.45. The van der Waals surface area contributed by atoms with Crippen molar-refractivity contribution in [2.45, 2.75) is 20.0 Å². The molecule has 90 valence electrons. The Hall–Kier alpha value is -0.940. The molecule has 0 atom stereocenters. The van der Waals surface area contributed by atoms with Crippen molar-refractivity contribution in [2.75, 3.05) is 0 Å². The van der Waals surface area contributed by atoms with Gasteiger partial charge in [-0.05, 0) is 24.6 Å². The van der Waals surface area contributed by atoms with Gasteiger partial charge in [-0.25, -0.2) is 9.37 Å². The van der Waals surface area contributed by atoms with Gasteiger partial charge in [-0.15, -0.1) is 11.3 Å². The fourth-order valence-corrected chi connectivity index (χ4v) is 2.38. The molecular weight excluding hydrogens is 305 g/mol. The summed E-state index contributed by atoms with van der Waals surface area (Å²) in [6.07, 6.45) is 0.914. The molecule has 2 nitrogen and oxygen atoms in total. The second-order valence-corrected chi connectivity index (χ2v) is 5.31. The molecule has 0 aliphatic heterocycles. The largest absolute Gasteiger partial charge is 0.484 e. The highest BCUT2D eigenvalue weighted by Crippen LogP contribution is 2.22. The molecule has 0 N–H and O–H groups in total. The van der Waals surface area contributed by atoms with Crippen LogP contribution in [0.1, 0.15) is 17.6 Å². The van der Waals surface area contributed by atoms with Crippen LogP contribution in [0.5, 0.6) is 5.75 Å². The quantitative estimate of drug-likeness (QED) is 0.844. The van der Waals surface area contributed by atoms with E-state index < -0.39 is 0 Å². The molecule has 0 fully saturated rings. The van der Waals surface area contributed by atoms with E-state index in [9.17, 15) is 4.39 Å². The van der Waals surface area contributed by atoms with Crippen LogP contribution in [0.2, 0.25) is 0 Å². The third-order valence-corrected chi connectivity index (χ3v) is 3.71. The second kappa shape index (κ2) is 5.60. The van der Waals surface area contributed by atoms with Gasteiger partial charge >= 0.3 is 0 Å². The summed E-state index contributed by atoms with van der Waals surface area (Å²) >= 11 is 4.80. The maximum absolute atomic E-state index is 13.5. The summed E-state index contributed by atoms with van der Waals surface area (Å²) in [5, 5.41) is 3.01. The van der Waals surface area contributed by atoms with E-state index in [0.717, 1.165) is 17.1 Å². The van der Waals surface area contributed by atoms with Gasteiger partial charge in [0.25, 0.3) is 0 Å². The van der Waals surface area contributed by atoms with Gasteiger partial charge in [0.2, 0.25) is 0 Å². The number of hydrogen-bond donors (Lipinski definition) is 0. The molecule has 0 radical (unpaired) electrons. The first-order valence-electron chi connectivity index (χ1n) is 5.20. The Bertz CT molecular complexity index is 515. The molecule has 0 aliphatic carbocycles. The van der Waals surface area contributed by atoms with E-state index in [0.29, 0.717) is 11.1 Å². The number of benzene rings is 1. The molecule has 1 aromatic heterocycles. The third kappa shape index (κ3) is 3.26. The number of thiazole rings is 1. The van der Waals surface area contributed by atoms with E-state index in [1.54, 1.807) is 23.5 Å². The van der Waals surface area contributed by atoms with E-state index in [1.165, 1.54) is 6.07 Å². The highest BCUT2D eigenvalue weighted by atomic mass is 79.9. The van der Waals surface area contributed by atoms with E-state index in [1.807, 2.05) is 5.38 Å². The van der Waals surface area contributed by atoms with E-state index >= 15 is 0 Å². The van der Waals surface area contributed by atoms with E-state index in [-0.39, 0.29) is 11.6 Å². The molecule has 1 heterocycles. The first-order valence-corrected chi connectivity index (χ1v) is 6.87. The van der Waals surface area contributed by atoms with Crippen LogP contribution in [0.3, 0.4) is 0 Å². The van der Waals surface area contributed by atoms with Crippen LogP contribution in [0, 0.1) is 5.82 Å². The lowest BCUT2D eigenvalue weighted by Gasteiger charge is -2.05. The van der Waals surface area contributed by atoms with Crippen LogP contribution in [0.25, 0.3) is 0 Å². The van der Waals surface area contributed by atoms with Crippen molar-refractivity contribution < 1.29 is 9.13 Å². The lowest BCUT2D eigenvalue weighted by atomic mass is 10.3. The van der Waals surface area contributed by atoms with Gasteiger partial charge in [-0.3, -0.25) is 0 Å². The van der Waals surface area contributed by atoms with Crippen LogP contribution < -0.4 is 4.74 Å². The summed E-state index contributed by atoms with van der Waals surface area (Å²) in [4.78, 5) is 4.35. The number of hydrogen-bond acceptors (Lipinski definition) is 3.